The predicted molar refractivity (Wildman–Crippen MR) is 73.1 cm³/mol. The third-order valence-electron chi connectivity index (χ3n) is 2.14. The molecule has 0 fully saturated rings. The van der Waals surface area contributed by atoms with Gasteiger partial charge in [-0.1, -0.05) is 17.7 Å². The van der Waals surface area contributed by atoms with Crippen LogP contribution in [0.15, 0.2) is 24.3 Å². The van der Waals surface area contributed by atoms with E-state index in [-0.39, 0.29) is 5.96 Å². The maximum atomic E-state index is 9.47. The number of nitrogens with zero attached hydrogens (tertiary/aromatic N) is 1. The number of nitrogens with two attached hydrogens (primary N) is 2. The fourth-order valence-corrected chi connectivity index (χ4v) is 1.46. The Kier molecular flexibility index (Phi) is 6.77. The molecule has 0 aliphatic carbocycles. The lowest BCUT2D eigenvalue weighted by Gasteiger charge is -2.30. The van der Waals surface area contributed by atoms with Crippen molar-refractivity contribution in [2.24, 2.45) is 11.5 Å². The van der Waals surface area contributed by atoms with Crippen LogP contribution in [0.3, 0.4) is 0 Å². The molecule has 2 atom stereocenters. The van der Waals surface area contributed by atoms with Crippen molar-refractivity contribution < 1.29 is 10.2 Å². The maximum absolute atomic E-state index is 9.47. The third kappa shape index (κ3) is 6.07. The molecule has 0 saturated heterocycles. The van der Waals surface area contributed by atoms with Crippen LogP contribution in [0.1, 0.15) is 19.4 Å². The van der Waals surface area contributed by atoms with Gasteiger partial charge in [0.15, 0.2) is 5.96 Å². The van der Waals surface area contributed by atoms with E-state index in [9.17, 15) is 10.2 Å². The first-order valence-corrected chi connectivity index (χ1v) is 5.56. The monoisotopic (exact) mass is 254 g/mol. The normalized spacial score (nSPS) is 12.9. The van der Waals surface area contributed by atoms with Crippen molar-refractivity contribution in [3.63, 3.8) is 0 Å². The van der Waals surface area contributed by atoms with E-state index in [2.05, 4.69) is 11.5 Å². The molecule has 0 amide bonds. The zero-order valence-electron chi connectivity index (χ0n) is 11.0. The van der Waals surface area contributed by atoms with E-state index in [0.29, 0.717) is 0 Å². The quantitative estimate of drug-likeness (QED) is 0.302. The van der Waals surface area contributed by atoms with Crippen LogP contribution >= 0.6 is 0 Å². The summed E-state index contributed by atoms with van der Waals surface area (Å²) >= 11 is 0. The van der Waals surface area contributed by atoms with Crippen molar-refractivity contribution in [2.75, 3.05) is 4.90 Å². The summed E-state index contributed by atoms with van der Waals surface area (Å²) in [5.74, 6) is -0.333. The van der Waals surface area contributed by atoms with Crippen molar-refractivity contribution in [1.29, 1.82) is 5.41 Å². The van der Waals surface area contributed by atoms with Gasteiger partial charge in [-0.3, -0.25) is 5.41 Å². The molecule has 2 unspecified atom stereocenters. The van der Waals surface area contributed by atoms with E-state index < -0.39 is 12.5 Å². The van der Waals surface area contributed by atoms with E-state index >= 15 is 0 Å². The number of guanidine groups is 1. The van der Waals surface area contributed by atoms with Gasteiger partial charge in [0.2, 0.25) is 0 Å². The average Bonchev–Trinajstić information content (AvgIpc) is 2.19. The van der Waals surface area contributed by atoms with E-state index in [1.54, 1.807) is 18.7 Å². The lowest BCUT2D eigenvalue weighted by Crippen LogP contribution is -2.40. The van der Waals surface area contributed by atoms with Crippen LogP contribution < -0.4 is 16.4 Å². The fraction of sp³-hybridized carbons (Fsp3) is 0.417. The number of aliphatic hydroxyl groups is 2. The van der Waals surface area contributed by atoms with Crippen molar-refractivity contribution in [1.82, 2.24) is 0 Å². The van der Waals surface area contributed by atoms with Crippen LogP contribution in [0.5, 0.6) is 0 Å². The number of benzene rings is 1. The molecule has 0 radical (unpaired) electrons. The van der Waals surface area contributed by atoms with Crippen molar-refractivity contribution >= 4 is 11.6 Å². The lowest BCUT2D eigenvalue weighted by molar-refractivity contribution is 0.105. The number of hydrogen-bond acceptors (Lipinski definition) is 4. The summed E-state index contributed by atoms with van der Waals surface area (Å²) < 4.78 is 0. The summed E-state index contributed by atoms with van der Waals surface area (Å²) in [6.45, 7) is 5.26. The zero-order chi connectivity index (χ0) is 14.3. The molecule has 0 saturated carbocycles. The largest absolute Gasteiger partial charge is 0.374 e. The highest BCUT2D eigenvalue weighted by atomic mass is 16.3. The summed E-state index contributed by atoms with van der Waals surface area (Å²) in [5, 5.41) is 25.0. The molecule has 0 aliphatic rings. The van der Waals surface area contributed by atoms with Gasteiger partial charge in [0.05, 0.1) is 0 Å². The molecule has 6 nitrogen and oxygen atoms in total. The Hall–Kier alpha value is -1.79. The van der Waals surface area contributed by atoms with E-state index in [1.165, 1.54) is 0 Å². The average molecular weight is 254 g/mol. The Bertz CT molecular complexity index is 351. The highest BCUT2D eigenvalue weighted by Crippen LogP contribution is 2.18. The Morgan fingerprint density at radius 3 is 1.72 bits per heavy atom. The topological polar surface area (TPSA) is 120 Å². The molecule has 1 rings (SSSR count). The van der Waals surface area contributed by atoms with Crippen LogP contribution in [0.4, 0.5) is 5.69 Å². The van der Waals surface area contributed by atoms with E-state index in [0.717, 1.165) is 11.3 Å². The molecular formula is C12H22N4O2. The predicted octanol–water partition coefficient (Wildman–Crippen LogP) is 0.317. The Labute approximate surface area is 107 Å². The summed E-state index contributed by atoms with van der Waals surface area (Å²) in [4.78, 5) is 1.54. The number of aliphatic hydroxyl groups excluding tert-OH is 2. The molecule has 102 valence electrons. The SMILES string of the molecule is Cc1ccc(N(C(C)O)C(C)O)cc1.N=C(N)N. The molecule has 7 N–H and O–H groups in total. The lowest BCUT2D eigenvalue weighted by atomic mass is 10.2. The van der Waals surface area contributed by atoms with Gasteiger partial charge in [-0.05, 0) is 32.9 Å². The summed E-state index contributed by atoms with van der Waals surface area (Å²) in [6, 6.07) is 7.67. The van der Waals surface area contributed by atoms with Crippen LogP contribution in [0, 0.1) is 12.3 Å². The minimum atomic E-state index is -0.697. The number of anilines is 1. The van der Waals surface area contributed by atoms with Gasteiger partial charge in [-0.2, -0.15) is 0 Å². The summed E-state index contributed by atoms with van der Waals surface area (Å²) in [5.41, 5.74) is 10.9. The van der Waals surface area contributed by atoms with Gasteiger partial charge in [-0.25, -0.2) is 0 Å². The highest BCUT2D eigenvalue weighted by Gasteiger charge is 2.15. The third-order valence-corrected chi connectivity index (χ3v) is 2.14. The second-order valence-corrected chi connectivity index (χ2v) is 3.96. The highest BCUT2D eigenvalue weighted by molar-refractivity contribution is 5.71. The van der Waals surface area contributed by atoms with Crippen LogP contribution in [-0.2, 0) is 0 Å². The second-order valence-electron chi connectivity index (χ2n) is 3.96. The number of hydrogen-bond donors (Lipinski definition) is 5. The van der Waals surface area contributed by atoms with Crippen molar-refractivity contribution in [2.45, 2.75) is 33.2 Å². The molecule has 0 spiro atoms. The van der Waals surface area contributed by atoms with Gasteiger partial charge in [0, 0.05) is 5.69 Å². The van der Waals surface area contributed by atoms with E-state index in [1.807, 2.05) is 31.2 Å². The Balaban J connectivity index is 0.000000631. The minimum Gasteiger partial charge on any atom is -0.374 e. The standard InChI is InChI=1S/C11H17NO2.CH5N3/c1-8-4-6-11(7-5-8)12(9(2)13)10(3)14;2-1(3)4/h4-7,9-10,13-14H,1-3H3;(H5,2,3,4). The summed E-state index contributed by atoms with van der Waals surface area (Å²) in [7, 11) is 0. The smallest absolute Gasteiger partial charge is 0.183 e. The molecule has 0 heterocycles. The number of rotatable bonds is 3. The van der Waals surface area contributed by atoms with Gasteiger partial charge < -0.3 is 26.6 Å². The Morgan fingerprint density at radius 1 is 1.11 bits per heavy atom. The number of aryl methyl sites for hydroxylation is 1. The first kappa shape index (κ1) is 16.2. The first-order valence-electron chi connectivity index (χ1n) is 5.56. The molecule has 18 heavy (non-hydrogen) atoms. The fourth-order valence-electron chi connectivity index (χ4n) is 1.46. The number of nitrogens with one attached hydrogen (secondary N) is 1. The van der Waals surface area contributed by atoms with Gasteiger partial charge in [0.25, 0.3) is 0 Å². The minimum absolute atomic E-state index is 0.333. The Morgan fingerprint density at radius 2 is 1.44 bits per heavy atom. The first-order chi connectivity index (χ1) is 8.25. The molecular weight excluding hydrogens is 232 g/mol. The van der Waals surface area contributed by atoms with Crippen molar-refractivity contribution in [3.8, 4) is 0 Å². The van der Waals surface area contributed by atoms with E-state index in [4.69, 9.17) is 5.41 Å². The van der Waals surface area contributed by atoms with Gasteiger partial charge in [-0.15, -0.1) is 0 Å². The second kappa shape index (κ2) is 7.52. The van der Waals surface area contributed by atoms with Crippen LogP contribution in [-0.4, -0.2) is 28.6 Å². The zero-order valence-corrected chi connectivity index (χ0v) is 11.0. The van der Waals surface area contributed by atoms with Crippen molar-refractivity contribution in [3.05, 3.63) is 29.8 Å². The summed E-state index contributed by atoms with van der Waals surface area (Å²) in [6.07, 6.45) is -1.39. The molecule has 0 aromatic heterocycles. The van der Waals surface area contributed by atoms with Gasteiger partial charge >= 0.3 is 0 Å². The van der Waals surface area contributed by atoms with Crippen LogP contribution in [0.25, 0.3) is 0 Å². The molecule has 6 heteroatoms. The molecule has 0 bridgehead atoms. The molecule has 1 aromatic rings. The van der Waals surface area contributed by atoms with Gasteiger partial charge in [0.1, 0.15) is 12.5 Å². The maximum Gasteiger partial charge on any atom is 0.183 e. The van der Waals surface area contributed by atoms with Crippen LogP contribution in [0.2, 0.25) is 0 Å². The molecule has 0 aliphatic heterocycles. The molecule has 1 aromatic carbocycles.